The summed E-state index contributed by atoms with van der Waals surface area (Å²) in [5.74, 6) is 1.05. The zero-order valence-corrected chi connectivity index (χ0v) is 18.6. The molecule has 0 N–H and O–H groups in total. The van der Waals surface area contributed by atoms with Crippen molar-refractivity contribution in [2.75, 3.05) is 6.61 Å². The summed E-state index contributed by atoms with van der Waals surface area (Å²) in [6.07, 6.45) is 1.72. The summed E-state index contributed by atoms with van der Waals surface area (Å²) in [5, 5.41) is 21.2. The van der Waals surface area contributed by atoms with Crippen molar-refractivity contribution < 1.29 is 14.4 Å². The Labute approximate surface area is 195 Å². The molecule has 162 valence electrons. The molecule has 8 heteroatoms. The summed E-state index contributed by atoms with van der Waals surface area (Å²) in [6.45, 7) is 2.51. The Morgan fingerprint density at radius 3 is 2.41 bits per heavy atom. The van der Waals surface area contributed by atoms with E-state index in [2.05, 4.69) is 6.07 Å². The number of halogens is 2. The highest BCUT2D eigenvalue weighted by molar-refractivity contribution is 6.42. The van der Waals surface area contributed by atoms with Gasteiger partial charge in [0.15, 0.2) is 11.5 Å². The minimum atomic E-state index is -0.447. The third-order valence-corrected chi connectivity index (χ3v) is 5.21. The highest BCUT2D eigenvalue weighted by Gasteiger charge is 2.10. The molecule has 0 spiro atoms. The molecular weight excluding hydrogens is 451 g/mol. The lowest BCUT2D eigenvalue weighted by atomic mass is 10.0. The van der Waals surface area contributed by atoms with E-state index in [9.17, 15) is 15.4 Å². The second-order valence-electron chi connectivity index (χ2n) is 6.65. The molecule has 0 saturated carbocycles. The molecular formula is C24H18Cl2N2O4. The van der Waals surface area contributed by atoms with Crippen molar-refractivity contribution in [3.05, 3.63) is 97.5 Å². The van der Waals surface area contributed by atoms with Gasteiger partial charge in [-0.2, -0.15) is 5.26 Å². The average molecular weight is 469 g/mol. The molecule has 0 aliphatic heterocycles. The highest BCUT2D eigenvalue weighted by atomic mass is 35.5. The van der Waals surface area contributed by atoms with Crippen LogP contribution in [0.3, 0.4) is 0 Å². The van der Waals surface area contributed by atoms with Crippen LogP contribution in [0.2, 0.25) is 10.0 Å². The first-order valence-electron chi connectivity index (χ1n) is 9.61. The van der Waals surface area contributed by atoms with Crippen LogP contribution in [-0.4, -0.2) is 11.5 Å². The van der Waals surface area contributed by atoms with Gasteiger partial charge < -0.3 is 9.47 Å². The van der Waals surface area contributed by atoms with Crippen LogP contribution < -0.4 is 9.47 Å². The third kappa shape index (κ3) is 5.79. The lowest BCUT2D eigenvalue weighted by molar-refractivity contribution is -0.384. The fourth-order valence-electron chi connectivity index (χ4n) is 2.89. The van der Waals surface area contributed by atoms with E-state index in [1.807, 2.05) is 13.0 Å². The molecule has 0 fully saturated rings. The van der Waals surface area contributed by atoms with Crippen molar-refractivity contribution >= 4 is 40.5 Å². The number of nitro benzene ring substituents is 1. The lowest BCUT2D eigenvalue weighted by Crippen LogP contribution is -2.00. The van der Waals surface area contributed by atoms with Crippen LogP contribution in [0.1, 0.15) is 23.6 Å². The van der Waals surface area contributed by atoms with Gasteiger partial charge in [0.25, 0.3) is 5.69 Å². The molecule has 6 nitrogen and oxygen atoms in total. The molecule has 3 aromatic rings. The van der Waals surface area contributed by atoms with Gasteiger partial charge in [0.2, 0.25) is 0 Å². The minimum absolute atomic E-state index is 0.0233. The maximum atomic E-state index is 10.8. The smallest absolute Gasteiger partial charge is 0.269 e. The number of nitrogens with zero attached hydrogens (tertiary/aromatic N) is 2. The summed E-state index contributed by atoms with van der Waals surface area (Å²) in [5.41, 5.74) is 2.63. The number of hydrogen-bond donors (Lipinski definition) is 0. The van der Waals surface area contributed by atoms with E-state index >= 15 is 0 Å². The van der Waals surface area contributed by atoms with Gasteiger partial charge in [0.1, 0.15) is 6.61 Å². The van der Waals surface area contributed by atoms with Crippen molar-refractivity contribution in [1.29, 1.82) is 5.26 Å². The summed E-state index contributed by atoms with van der Waals surface area (Å²) in [6, 6.07) is 18.7. The first kappa shape index (κ1) is 23.1. The number of rotatable bonds is 8. The van der Waals surface area contributed by atoms with Crippen LogP contribution in [0.4, 0.5) is 5.69 Å². The minimum Gasteiger partial charge on any atom is -0.490 e. The second-order valence-corrected chi connectivity index (χ2v) is 7.46. The molecule has 0 heterocycles. The lowest BCUT2D eigenvalue weighted by Gasteiger charge is -2.13. The largest absolute Gasteiger partial charge is 0.490 e. The van der Waals surface area contributed by atoms with Crippen LogP contribution >= 0.6 is 23.2 Å². The van der Waals surface area contributed by atoms with Gasteiger partial charge in [-0.1, -0.05) is 35.3 Å². The summed E-state index contributed by atoms with van der Waals surface area (Å²) in [4.78, 5) is 10.3. The first-order valence-corrected chi connectivity index (χ1v) is 10.4. The van der Waals surface area contributed by atoms with Crippen molar-refractivity contribution in [2.45, 2.75) is 13.5 Å². The monoisotopic (exact) mass is 468 g/mol. The van der Waals surface area contributed by atoms with E-state index in [1.165, 1.54) is 12.1 Å². The van der Waals surface area contributed by atoms with Crippen LogP contribution in [0, 0.1) is 21.4 Å². The molecule has 0 aromatic heterocycles. The van der Waals surface area contributed by atoms with Crippen molar-refractivity contribution in [3.63, 3.8) is 0 Å². The third-order valence-electron chi connectivity index (χ3n) is 4.47. The summed E-state index contributed by atoms with van der Waals surface area (Å²) < 4.78 is 11.6. The predicted molar refractivity (Wildman–Crippen MR) is 125 cm³/mol. The molecule has 0 bridgehead atoms. The normalized spacial score (nSPS) is 11.0. The van der Waals surface area contributed by atoms with Gasteiger partial charge in [-0.25, -0.2) is 0 Å². The first-order chi connectivity index (χ1) is 15.4. The fourth-order valence-corrected chi connectivity index (χ4v) is 3.19. The van der Waals surface area contributed by atoms with Gasteiger partial charge in [-0.15, -0.1) is 0 Å². The van der Waals surface area contributed by atoms with Crippen molar-refractivity contribution in [3.8, 4) is 17.6 Å². The standard InChI is InChI=1S/C24H18Cl2N2O4/c1-2-31-24-12-17(11-19(14-27)18-6-9-21(25)22(26)13-18)5-10-23(24)32-15-16-3-7-20(8-4-16)28(29)30/h3-13H,2,15H2,1H3/b19-11-. The summed E-state index contributed by atoms with van der Waals surface area (Å²) >= 11 is 12.0. The molecule has 3 aromatic carbocycles. The average Bonchev–Trinajstić information content (AvgIpc) is 2.79. The van der Waals surface area contributed by atoms with Crippen molar-refractivity contribution in [1.82, 2.24) is 0 Å². The molecule has 0 aliphatic rings. The molecule has 0 atom stereocenters. The number of allylic oxidation sites excluding steroid dienone is 1. The Morgan fingerprint density at radius 1 is 1.03 bits per heavy atom. The van der Waals surface area contributed by atoms with Crippen molar-refractivity contribution in [2.24, 2.45) is 0 Å². The van der Waals surface area contributed by atoms with E-state index < -0.39 is 4.92 Å². The van der Waals surface area contributed by atoms with Crippen LogP contribution in [-0.2, 0) is 6.61 Å². The maximum Gasteiger partial charge on any atom is 0.269 e. The van der Waals surface area contributed by atoms with E-state index in [4.69, 9.17) is 32.7 Å². The topological polar surface area (TPSA) is 85.4 Å². The van der Waals surface area contributed by atoms with Gasteiger partial charge >= 0.3 is 0 Å². The number of hydrogen-bond acceptors (Lipinski definition) is 5. The molecule has 0 saturated heterocycles. The SMILES string of the molecule is CCOc1cc(/C=C(/C#N)c2ccc(Cl)c(Cl)c2)ccc1OCc1ccc([N+](=O)[O-])cc1. The number of nitriles is 1. The number of non-ortho nitro benzene ring substituents is 1. The Balaban J connectivity index is 1.83. The van der Waals surface area contributed by atoms with Crippen LogP contribution in [0.25, 0.3) is 11.6 Å². The van der Waals surface area contributed by atoms with E-state index in [0.29, 0.717) is 39.3 Å². The Morgan fingerprint density at radius 2 is 1.78 bits per heavy atom. The van der Waals surface area contributed by atoms with Gasteiger partial charge in [0.05, 0.1) is 33.2 Å². The molecule has 32 heavy (non-hydrogen) atoms. The highest BCUT2D eigenvalue weighted by Crippen LogP contribution is 2.32. The Kier molecular flexibility index (Phi) is 7.72. The Hall–Kier alpha value is -3.53. The number of nitro groups is 1. The quantitative estimate of drug-likeness (QED) is 0.154. The number of ether oxygens (including phenoxy) is 2. The summed E-state index contributed by atoms with van der Waals surface area (Å²) in [7, 11) is 0. The number of benzene rings is 3. The predicted octanol–water partition coefficient (Wildman–Crippen LogP) is 6.94. The second kappa shape index (κ2) is 10.7. The van der Waals surface area contributed by atoms with Crippen LogP contribution in [0.15, 0.2) is 60.7 Å². The fraction of sp³-hybridized carbons (Fsp3) is 0.125. The maximum absolute atomic E-state index is 10.8. The molecule has 0 amide bonds. The zero-order chi connectivity index (χ0) is 23.1. The van der Waals surface area contributed by atoms with Gasteiger partial charge in [-0.05, 0) is 66.1 Å². The van der Waals surface area contributed by atoms with E-state index in [0.717, 1.165) is 11.1 Å². The van der Waals surface area contributed by atoms with E-state index in [1.54, 1.807) is 48.5 Å². The molecule has 0 radical (unpaired) electrons. The Bertz CT molecular complexity index is 1200. The molecule has 3 rings (SSSR count). The zero-order valence-electron chi connectivity index (χ0n) is 17.0. The molecule has 0 unspecified atom stereocenters. The van der Waals surface area contributed by atoms with Gasteiger partial charge in [0, 0.05) is 12.1 Å². The molecule has 0 aliphatic carbocycles. The van der Waals surface area contributed by atoms with E-state index in [-0.39, 0.29) is 12.3 Å². The van der Waals surface area contributed by atoms with Crippen LogP contribution in [0.5, 0.6) is 11.5 Å². The van der Waals surface area contributed by atoms with Gasteiger partial charge in [-0.3, -0.25) is 10.1 Å².